The van der Waals surface area contributed by atoms with Crippen LogP contribution in [0.5, 0.6) is 0 Å². The highest BCUT2D eigenvalue weighted by Crippen LogP contribution is 2.57. The van der Waals surface area contributed by atoms with E-state index in [1.54, 1.807) is 0 Å². The summed E-state index contributed by atoms with van der Waals surface area (Å²) in [5.41, 5.74) is -1.09. The van der Waals surface area contributed by atoms with Crippen LogP contribution in [-0.4, -0.2) is 90.4 Å². The van der Waals surface area contributed by atoms with E-state index in [0.29, 0.717) is 39.6 Å². The van der Waals surface area contributed by atoms with Crippen molar-refractivity contribution >= 4 is 0 Å². The highest BCUT2D eigenvalue weighted by molar-refractivity contribution is 5.29. The molecular formula is C28H40N2O9. The molecule has 2 heterocycles. The van der Waals surface area contributed by atoms with Gasteiger partial charge in [0.2, 0.25) is 0 Å². The van der Waals surface area contributed by atoms with Crippen molar-refractivity contribution in [2.24, 2.45) is 17.8 Å². The van der Waals surface area contributed by atoms with E-state index >= 15 is 0 Å². The topological polar surface area (TPSA) is 141 Å². The summed E-state index contributed by atoms with van der Waals surface area (Å²) in [7, 11) is 0. The zero-order valence-electron chi connectivity index (χ0n) is 22.3. The van der Waals surface area contributed by atoms with Gasteiger partial charge in [-0.2, -0.15) is 0 Å². The number of aliphatic hydroxyl groups excluding tert-OH is 2. The summed E-state index contributed by atoms with van der Waals surface area (Å²) in [6.45, 7) is 2.66. The van der Waals surface area contributed by atoms with Crippen molar-refractivity contribution in [3.63, 3.8) is 0 Å². The third-order valence-corrected chi connectivity index (χ3v) is 8.42. The molecule has 3 N–H and O–H groups in total. The van der Waals surface area contributed by atoms with Gasteiger partial charge in [-0.3, -0.25) is 14.3 Å². The molecule has 4 saturated carbocycles. The zero-order valence-corrected chi connectivity index (χ0v) is 22.3. The van der Waals surface area contributed by atoms with E-state index in [4.69, 9.17) is 23.7 Å². The molecule has 5 fully saturated rings. The van der Waals surface area contributed by atoms with E-state index in [2.05, 4.69) is 16.8 Å². The number of aromatic amines is 1. The Morgan fingerprint density at radius 1 is 0.949 bits per heavy atom. The Labute approximate surface area is 227 Å². The summed E-state index contributed by atoms with van der Waals surface area (Å²) >= 11 is 0. The van der Waals surface area contributed by atoms with Crippen LogP contribution in [0.4, 0.5) is 0 Å². The molecule has 3 atom stereocenters. The van der Waals surface area contributed by atoms with E-state index in [1.165, 1.54) is 44.7 Å². The molecule has 0 radical (unpaired) electrons. The molecule has 0 unspecified atom stereocenters. The maximum atomic E-state index is 12.2. The predicted molar refractivity (Wildman–Crippen MR) is 139 cm³/mol. The average Bonchev–Trinajstić information content (AvgIpc) is 3.27. The zero-order chi connectivity index (χ0) is 27.2. The predicted octanol–water partition coefficient (Wildman–Crippen LogP) is 0.564. The molecule has 6 rings (SSSR count). The Morgan fingerprint density at radius 3 is 2.18 bits per heavy atom. The fourth-order valence-electron chi connectivity index (χ4n) is 7.06. The first kappa shape index (κ1) is 28.5. The number of nitrogens with zero attached hydrogens (tertiary/aromatic N) is 1. The van der Waals surface area contributed by atoms with Crippen LogP contribution in [-0.2, 0) is 23.7 Å². The minimum absolute atomic E-state index is 0.0734. The van der Waals surface area contributed by atoms with Crippen molar-refractivity contribution in [2.75, 3.05) is 52.9 Å². The Kier molecular flexibility index (Phi) is 9.56. The average molecular weight is 549 g/mol. The van der Waals surface area contributed by atoms with Gasteiger partial charge in [0.1, 0.15) is 24.5 Å². The fourth-order valence-corrected chi connectivity index (χ4v) is 7.06. The first-order valence-electron chi connectivity index (χ1n) is 14.1. The number of aliphatic hydroxyl groups is 2. The van der Waals surface area contributed by atoms with Crippen molar-refractivity contribution in [1.82, 2.24) is 9.55 Å². The lowest BCUT2D eigenvalue weighted by Gasteiger charge is -2.56. The molecule has 1 aromatic heterocycles. The van der Waals surface area contributed by atoms with E-state index in [1.807, 2.05) is 0 Å². The first-order valence-corrected chi connectivity index (χ1v) is 14.1. The third-order valence-electron chi connectivity index (χ3n) is 8.42. The monoisotopic (exact) mass is 548 g/mol. The molecule has 216 valence electrons. The van der Waals surface area contributed by atoms with Gasteiger partial charge in [-0.1, -0.05) is 11.8 Å². The smallest absolute Gasteiger partial charge is 0.330 e. The van der Waals surface area contributed by atoms with E-state index in [0.717, 1.165) is 22.3 Å². The standard InChI is InChI=1S/C28H40N2O9/c31-18-24-23(32)13-25(39-24)30-17-22(26(33)29-27(30)34)2-1-3-35-4-5-36-6-7-37-8-9-38-28-14-19-10-20(15-28)12-21(11-19)16-28/h17,19-21,23-25,31-32H,3-16,18H2,(H,29,33,34)/t19?,20?,21?,23-,24+,25+,28?/m0/s1. The molecule has 0 spiro atoms. The van der Waals surface area contributed by atoms with Crippen LogP contribution in [0.2, 0.25) is 0 Å². The van der Waals surface area contributed by atoms with Crippen LogP contribution >= 0.6 is 0 Å². The van der Waals surface area contributed by atoms with E-state index in [9.17, 15) is 19.8 Å². The fraction of sp³-hybridized carbons (Fsp3) is 0.786. The van der Waals surface area contributed by atoms with Gasteiger partial charge in [-0.15, -0.1) is 0 Å². The number of H-pyrrole nitrogens is 1. The molecule has 1 aromatic rings. The summed E-state index contributed by atoms with van der Waals surface area (Å²) < 4.78 is 29.6. The second kappa shape index (κ2) is 13.1. The van der Waals surface area contributed by atoms with Crippen molar-refractivity contribution in [3.05, 3.63) is 32.6 Å². The van der Waals surface area contributed by atoms with Crippen LogP contribution in [0.15, 0.2) is 15.8 Å². The molecule has 4 aliphatic carbocycles. The number of ether oxygens (including phenoxy) is 5. The highest BCUT2D eigenvalue weighted by Gasteiger charge is 2.51. The summed E-state index contributed by atoms with van der Waals surface area (Å²) in [4.78, 5) is 26.4. The van der Waals surface area contributed by atoms with Gasteiger partial charge in [-0.05, 0) is 56.3 Å². The van der Waals surface area contributed by atoms with Crippen molar-refractivity contribution in [3.8, 4) is 11.8 Å². The Bertz CT molecular complexity index is 1100. The second-order valence-electron chi connectivity index (χ2n) is 11.4. The highest BCUT2D eigenvalue weighted by atomic mass is 16.6. The van der Waals surface area contributed by atoms with Crippen LogP contribution in [0.25, 0.3) is 0 Å². The van der Waals surface area contributed by atoms with Gasteiger partial charge < -0.3 is 33.9 Å². The molecule has 39 heavy (non-hydrogen) atoms. The molecule has 0 aromatic carbocycles. The van der Waals surface area contributed by atoms with Crippen LogP contribution in [0.3, 0.4) is 0 Å². The Balaban J connectivity index is 0.921. The second-order valence-corrected chi connectivity index (χ2v) is 11.4. The number of aromatic nitrogens is 2. The number of rotatable bonds is 13. The maximum absolute atomic E-state index is 12.2. The van der Waals surface area contributed by atoms with Crippen LogP contribution in [0.1, 0.15) is 56.7 Å². The lowest BCUT2D eigenvalue weighted by Crippen LogP contribution is -2.52. The lowest BCUT2D eigenvalue weighted by molar-refractivity contribution is -0.169. The largest absolute Gasteiger partial charge is 0.394 e. The minimum Gasteiger partial charge on any atom is -0.394 e. The van der Waals surface area contributed by atoms with Crippen molar-refractivity contribution in [2.45, 2.75) is 69.0 Å². The molecule has 1 aliphatic heterocycles. The summed E-state index contributed by atoms with van der Waals surface area (Å²) in [6, 6.07) is 0. The van der Waals surface area contributed by atoms with Gasteiger partial charge in [-0.25, -0.2) is 4.79 Å². The molecule has 0 amide bonds. The van der Waals surface area contributed by atoms with Crippen molar-refractivity contribution in [1.29, 1.82) is 0 Å². The normalized spacial score (nSPS) is 32.9. The van der Waals surface area contributed by atoms with Gasteiger partial charge in [0, 0.05) is 12.6 Å². The van der Waals surface area contributed by atoms with Gasteiger partial charge in [0.25, 0.3) is 5.56 Å². The third kappa shape index (κ3) is 7.19. The van der Waals surface area contributed by atoms with Crippen LogP contribution < -0.4 is 11.2 Å². The SMILES string of the molecule is O=c1[nH]c(=O)n([C@H]2C[C@H](O)[C@@H](CO)O2)cc1C#CCOCCOCCOCCOC12CC3CC(CC(C3)C1)C2. The van der Waals surface area contributed by atoms with Gasteiger partial charge in [0.05, 0.1) is 58.0 Å². The van der Waals surface area contributed by atoms with Gasteiger partial charge in [0.15, 0.2) is 0 Å². The first-order chi connectivity index (χ1) is 18.9. The lowest BCUT2D eigenvalue weighted by atomic mass is 9.54. The minimum atomic E-state index is -0.902. The molecule has 11 heteroatoms. The van der Waals surface area contributed by atoms with Gasteiger partial charge >= 0.3 is 5.69 Å². The summed E-state index contributed by atoms with van der Waals surface area (Å²) in [5.74, 6) is 8.09. The van der Waals surface area contributed by atoms with E-state index in [-0.39, 0.29) is 30.8 Å². The summed E-state index contributed by atoms with van der Waals surface area (Å²) in [6.07, 6.45) is 6.89. The molecule has 1 saturated heterocycles. The van der Waals surface area contributed by atoms with Crippen molar-refractivity contribution < 1.29 is 33.9 Å². The Morgan fingerprint density at radius 2 is 1.56 bits per heavy atom. The van der Waals surface area contributed by atoms with E-state index < -0.39 is 29.7 Å². The summed E-state index contributed by atoms with van der Waals surface area (Å²) in [5, 5.41) is 19.1. The molecule has 11 nitrogen and oxygen atoms in total. The quantitative estimate of drug-likeness (QED) is 0.238. The van der Waals surface area contributed by atoms with Crippen LogP contribution in [0, 0.1) is 29.6 Å². The number of nitrogens with one attached hydrogen (secondary N) is 1. The number of hydrogen-bond acceptors (Lipinski definition) is 9. The molecule has 5 aliphatic rings. The number of hydrogen-bond donors (Lipinski definition) is 3. The maximum Gasteiger partial charge on any atom is 0.330 e. The molecule has 4 bridgehead atoms. The Hall–Kier alpha value is -2.04. The molecular weight excluding hydrogens is 508 g/mol.